The number of rotatable bonds is 4. The third kappa shape index (κ3) is 3.03. The van der Waals surface area contributed by atoms with Crippen molar-refractivity contribution in [2.45, 2.75) is 17.6 Å². The molecule has 0 aliphatic carbocycles. The van der Waals surface area contributed by atoms with E-state index >= 15 is 0 Å². The van der Waals surface area contributed by atoms with Crippen molar-refractivity contribution in [3.8, 4) is 5.75 Å². The first kappa shape index (κ1) is 14.0. The van der Waals surface area contributed by atoms with Crippen molar-refractivity contribution >= 4 is 22.7 Å². The molecule has 0 aliphatic heterocycles. The second-order valence-corrected chi connectivity index (χ2v) is 5.95. The number of hydrogen-bond donors (Lipinski definition) is 0. The van der Waals surface area contributed by atoms with Gasteiger partial charge in [0.15, 0.2) is 0 Å². The molecule has 0 amide bonds. The van der Waals surface area contributed by atoms with Gasteiger partial charge in [-0.3, -0.25) is 4.98 Å². The summed E-state index contributed by atoms with van der Waals surface area (Å²) < 4.78 is 5.45. The fourth-order valence-electron chi connectivity index (χ4n) is 2.37. The standard InChI is InChI=1S/C18H17NOS/c1-13-7-8-17(20-2)14(11-13)12-21-18-9-10-19-16-6-4-3-5-15(16)18/h3-11H,12H2,1-2H3. The van der Waals surface area contributed by atoms with Crippen molar-refractivity contribution in [1.82, 2.24) is 4.98 Å². The van der Waals surface area contributed by atoms with Gasteiger partial charge >= 0.3 is 0 Å². The first-order valence-electron chi connectivity index (χ1n) is 6.88. The van der Waals surface area contributed by atoms with Gasteiger partial charge in [-0.2, -0.15) is 0 Å². The Hall–Kier alpha value is -2.00. The van der Waals surface area contributed by atoms with Gasteiger partial charge in [0.1, 0.15) is 5.75 Å². The van der Waals surface area contributed by atoms with Gasteiger partial charge < -0.3 is 4.74 Å². The third-order valence-corrected chi connectivity index (χ3v) is 4.55. The van der Waals surface area contributed by atoms with Crippen LogP contribution in [0.5, 0.6) is 5.75 Å². The maximum absolute atomic E-state index is 5.45. The van der Waals surface area contributed by atoms with Crippen molar-refractivity contribution in [2.24, 2.45) is 0 Å². The van der Waals surface area contributed by atoms with Crippen molar-refractivity contribution in [1.29, 1.82) is 0 Å². The number of ether oxygens (including phenoxy) is 1. The van der Waals surface area contributed by atoms with Crippen molar-refractivity contribution in [3.63, 3.8) is 0 Å². The molecule has 0 atom stereocenters. The molecule has 3 heteroatoms. The van der Waals surface area contributed by atoms with Crippen LogP contribution in [0.15, 0.2) is 59.6 Å². The first-order chi connectivity index (χ1) is 10.3. The Morgan fingerprint density at radius 1 is 1.10 bits per heavy atom. The second kappa shape index (κ2) is 6.19. The molecule has 1 heterocycles. The van der Waals surface area contributed by atoms with Gasteiger partial charge in [-0.05, 0) is 25.1 Å². The molecule has 0 radical (unpaired) electrons. The smallest absolute Gasteiger partial charge is 0.122 e. The Labute approximate surface area is 129 Å². The van der Waals surface area contributed by atoms with E-state index in [4.69, 9.17) is 4.74 Å². The number of benzene rings is 2. The normalized spacial score (nSPS) is 10.8. The first-order valence-corrected chi connectivity index (χ1v) is 7.86. The van der Waals surface area contributed by atoms with Gasteiger partial charge in [0, 0.05) is 27.8 Å². The molecule has 3 aromatic rings. The highest BCUT2D eigenvalue weighted by atomic mass is 32.2. The summed E-state index contributed by atoms with van der Waals surface area (Å²) in [6.07, 6.45) is 1.87. The van der Waals surface area contributed by atoms with Crippen LogP contribution in [0.25, 0.3) is 10.9 Å². The maximum Gasteiger partial charge on any atom is 0.122 e. The van der Waals surface area contributed by atoms with E-state index in [1.54, 1.807) is 7.11 Å². The van der Waals surface area contributed by atoms with Crippen LogP contribution in [0, 0.1) is 6.92 Å². The zero-order chi connectivity index (χ0) is 14.7. The van der Waals surface area contributed by atoms with Crippen LogP contribution < -0.4 is 4.74 Å². The fourth-order valence-corrected chi connectivity index (χ4v) is 3.39. The van der Waals surface area contributed by atoms with Gasteiger partial charge in [-0.15, -0.1) is 11.8 Å². The number of para-hydroxylation sites is 1. The molecule has 2 aromatic carbocycles. The molecular weight excluding hydrogens is 278 g/mol. The van der Waals surface area contributed by atoms with Gasteiger partial charge in [0.2, 0.25) is 0 Å². The molecule has 0 spiro atoms. The van der Waals surface area contributed by atoms with Crippen molar-refractivity contribution in [2.75, 3.05) is 7.11 Å². The highest BCUT2D eigenvalue weighted by Gasteiger charge is 2.06. The molecule has 2 nitrogen and oxygen atoms in total. The van der Waals surface area contributed by atoms with Crippen molar-refractivity contribution in [3.05, 3.63) is 65.9 Å². The Balaban J connectivity index is 1.89. The zero-order valence-corrected chi connectivity index (χ0v) is 13.0. The maximum atomic E-state index is 5.45. The molecule has 0 saturated carbocycles. The Kier molecular flexibility index (Phi) is 4.11. The van der Waals surface area contributed by atoms with E-state index in [1.165, 1.54) is 21.4 Å². The summed E-state index contributed by atoms with van der Waals surface area (Å²) in [6.45, 7) is 2.11. The van der Waals surface area contributed by atoms with Gasteiger partial charge in [0.25, 0.3) is 0 Å². The lowest BCUT2D eigenvalue weighted by molar-refractivity contribution is 0.411. The number of nitrogens with zero attached hydrogens (tertiary/aromatic N) is 1. The zero-order valence-electron chi connectivity index (χ0n) is 12.2. The predicted octanol–water partition coefficient (Wildman–Crippen LogP) is 4.84. The van der Waals surface area contributed by atoms with E-state index in [0.29, 0.717) is 0 Å². The SMILES string of the molecule is COc1ccc(C)cc1CSc1ccnc2ccccc12. The lowest BCUT2D eigenvalue weighted by Crippen LogP contribution is -1.91. The minimum Gasteiger partial charge on any atom is -0.496 e. The Morgan fingerprint density at radius 2 is 1.95 bits per heavy atom. The second-order valence-electron chi connectivity index (χ2n) is 4.93. The van der Waals surface area contributed by atoms with Crippen LogP contribution >= 0.6 is 11.8 Å². The lowest BCUT2D eigenvalue weighted by atomic mass is 10.1. The number of methoxy groups -OCH3 is 1. The summed E-state index contributed by atoms with van der Waals surface area (Å²) >= 11 is 1.82. The number of thioether (sulfide) groups is 1. The molecule has 0 fully saturated rings. The molecule has 21 heavy (non-hydrogen) atoms. The van der Waals surface area contributed by atoms with Crippen molar-refractivity contribution < 1.29 is 4.74 Å². The summed E-state index contributed by atoms with van der Waals surface area (Å²) in [5.41, 5.74) is 3.52. The van der Waals surface area contributed by atoms with Gasteiger partial charge in [-0.25, -0.2) is 0 Å². The number of fused-ring (bicyclic) bond motifs is 1. The molecule has 0 saturated heterocycles. The number of pyridine rings is 1. The lowest BCUT2D eigenvalue weighted by Gasteiger charge is -2.10. The Morgan fingerprint density at radius 3 is 2.81 bits per heavy atom. The average molecular weight is 295 g/mol. The van der Waals surface area contributed by atoms with Crippen LogP contribution in [0.1, 0.15) is 11.1 Å². The van der Waals surface area contributed by atoms with E-state index < -0.39 is 0 Å². The van der Waals surface area contributed by atoms with Crippen LogP contribution in [0.4, 0.5) is 0 Å². The molecular formula is C18H17NOS. The molecule has 0 N–H and O–H groups in total. The molecule has 3 rings (SSSR count). The van der Waals surface area contributed by atoms with E-state index in [2.05, 4.69) is 42.2 Å². The summed E-state index contributed by atoms with van der Waals surface area (Å²) in [7, 11) is 1.72. The quantitative estimate of drug-likeness (QED) is 0.643. The minimum absolute atomic E-state index is 0.888. The highest BCUT2D eigenvalue weighted by Crippen LogP contribution is 2.32. The average Bonchev–Trinajstić information content (AvgIpc) is 2.53. The number of aryl methyl sites for hydroxylation is 1. The van der Waals surface area contributed by atoms with Gasteiger partial charge in [-0.1, -0.05) is 35.9 Å². The summed E-state index contributed by atoms with van der Waals surface area (Å²) in [5, 5.41) is 1.21. The largest absolute Gasteiger partial charge is 0.496 e. The monoisotopic (exact) mass is 295 g/mol. The molecule has 1 aromatic heterocycles. The van der Waals surface area contributed by atoms with Crippen LogP contribution in [0.3, 0.4) is 0 Å². The fraction of sp³-hybridized carbons (Fsp3) is 0.167. The van der Waals surface area contributed by atoms with Crippen LogP contribution in [-0.4, -0.2) is 12.1 Å². The molecule has 0 unspecified atom stereocenters. The van der Waals surface area contributed by atoms with E-state index in [-0.39, 0.29) is 0 Å². The van der Waals surface area contributed by atoms with E-state index in [1.807, 2.05) is 36.2 Å². The van der Waals surface area contributed by atoms with Crippen LogP contribution in [-0.2, 0) is 5.75 Å². The predicted molar refractivity (Wildman–Crippen MR) is 89.0 cm³/mol. The number of aromatic nitrogens is 1. The number of hydrogen-bond acceptors (Lipinski definition) is 3. The summed E-state index contributed by atoms with van der Waals surface area (Å²) in [6, 6.07) is 16.6. The minimum atomic E-state index is 0.888. The molecule has 0 aliphatic rings. The van der Waals surface area contributed by atoms with E-state index in [9.17, 15) is 0 Å². The highest BCUT2D eigenvalue weighted by molar-refractivity contribution is 7.98. The van der Waals surface area contributed by atoms with Gasteiger partial charge in [0.05, 0.1) is 12.6 Å². The molecule has 106 valence electrons. The van der Waals surface area contributed by atoms with E-state index in [0.717, 1.165) is 17.0 Å². The molecule has 0 bridgehead atoms. The third-order valence-electron chi connectivity index (χ3n) is 3.43. The summed E-state index contributed by atoms with van der Waals surface area (Å²) in [4.78, 5) is 5.66. The van der Waals surface area contributed by atoms with Crippen LogP contribution in [0.2, 0.25) is 0 Å². The topological polar surface area (TPSA) is 22.1 Å². The Bertz CT molecular complexity index is 765. The summed E-state index contributed by atoms with van der Waals surface area (Å²) in [5.74, 6) is 1.84.